The van der Waals surface area contributed by atoms with Gasteiger partial charge in [0.25, 0.3) is 11.5 Å². The maximum absolute atomic E-state index is 13.1. The maximum Gasteiger partial charge on any atom is 0.291 e. The zero-order valence-corrected chi connectivity index (χ0v) is 18.0. The van der Waals surface area contributed by atoms with Gasteiger partial charge < -0.3 is 10.6 Å². The van der Waals surface area contributed by atoms with Crippen LogP contribution in [-0.2, 0) is 11.3 Å². The highest BCUT2D eigenvalue weighted by Crippen LogP contribution is 2.18. The van der Waals surface area contributed by atoms with E-state index in [1.165, 1.54) is 6.07 Å². The summed E-state index contributed by atoms with van der Waals surface area (Å²) in [5.74, 6) is -0.825. The number of anilines is 2. The molecule has 0 radical (unpaired) electrons. The van der Waals surface area contributed by atoms with Gasteiger partial charge in [0.2, 0.25) is 5.91 Å². The van der Waals surface area contributed by atoms with Crippen molar-refractivity contribution >= 4 is 23.2 Å². The lowest BCUT2D eigenvalue weighted by atomic mass is 10.1. The van der Waals surface area contributed by atoms with E-state index in [9.17, 15) is 14.4 Å². The molecule has 2 N–H and O–H groups in total. The van der Waals surface area contributed by atoms with Crippen molar-refractivity contribution in [1.29, 1.82) is 0 Å². The normalized spacial score (nSPS) is 10.5. The number of benzene rings is 3. The summed E-state index contributed by atoms with van der Waals surface area (Å²) < 4.78 is 1.06. The van der Waals surface area contributed by atoms with Crippen molar-refractivity contribution in [3.63, 3.8) is 0 Å². The first-order chi connectivity index (χ1) is 16.0. The summed E-state index contributed by atoms with van der Waals surface area (Å²) in [5, 5.41) is 9.82. The molecule has 0 unspecified atom stereocenters. The van der Waals surface area contributed by atoms with Gasteiger partial charge in [0.15, 0.2) is 0 Å². The molecule has 0 fully saturated rings. The number of rotatable bonds is 6. The Labute approximate surface area is 190 Å². The second kappa shape index (κ2) is 9.74. The molecule has 2 amide bonds. The minimum Gasteiger partial charge on any atom is -0.324 e. The second-order valence-electron chi connectivity index (χ2n) is 7.51. The third-order valence-corrected chi connectivity index (χ3v) is 4.92. The monoisotopic (exact) mass is 438 g/mol. The molecule has 0 saturated heterocycles. The van der Waals surface area contributed by atoms with Gasteiger partial charge in [-0.3, -0.25) is 14.4 Å². The molecule has 0 bridgehead atoms. The number of hydrogen-bond donors (Lipinski definition) is 2. The average Bonchev–Trinajstić information content (AvgIpc) is 2.82. The lowest BCUT2D eigenvalue weighted by Gasteiger charge is -2.12. The van der Waals surface area contributed by atoms with Crippen LogP contribution >= 0.6 is 0 Å². The van der Waals surface area contributed by atoms with Gasteiger partial charge in [0.1, 0.15) is 12.2 Å². The van der Waals surface area contributed by atoms with Crippen molar-refractivity contribution in [3.05, 3.63) is 112 Å². The summed E-state index contributed by atoms with van der Waals surface area (Å²) in [6.45, 7) is 1.62. The molecular weight excluding hydrogens is 416 g/mol. The molecule has 4 aromatic rings. The number of aromatic nitrogens is 2. The van der Waals surface area contributed by atoms with E-state index in [1.807, 2.05) is 55.5 Å². The summed E-state index contributed by atoms with van der Waals surface area (Å²) in [4.78, 5) is 38.4. The van der Waals surface area contributed by atoms with E-state index in [0.717, 1.165) is 15.8 Å². The first kappa shape index (κ1) is 21.7. The standard InChI is InChI=1S/C26H22N4O3/c1-18-9-8-14-21(15-18)27-24(31)17-30-26(33)23(28-25(32)20-12-6-3-7-13-20)16-22(29-30)19-10-4-2-5-11-19/h2-16H,17H2,1H3,(H,27,31)(H,28,32). The molecular formula is C26H22N4O3. The van der Waals surface area contributed by atoms with Crippen molar-refractivity contribution < 1.29 is 9.59 Å². The Morgan fingerprint density at radius 2 is 1.55 bits per heavy atom. The summed E-state index contributed by atoms with van der Waals surface area (Å²) in [5.41, 5.74) is 2.73. The van der Waals surface area contributed by atoms with Crippen LogP contribution in [0.25, 0.3) is 11.3 Å². The van der Waals surface area contributed by atoms with Crippen LogP contribution in [0.1, 0.15) is 15.9 Å². The van der Waals surface area contributed by atoms with Gasteiger partial charge in [-0.15, -0.1) is 0 Å². The van der Waals surface area contributed by atoms with Gasteiger partial charge in [0, 0.05) is 16.8 Å². The van der Waals surface area contributed by atoms with Crippen LogP contribution in [-0.4, -0.2) is 21.6 Å². The fourth-order valence-electron chi connectivity index (χ4n) is 3.33. The molecule has 0 atom stereocenters. The summed E-state index contributed by atoms with van der Waals surface area (Å²) in [6.07, 6.45) is 0. The van der Waals surface area contributed by atoms with Gasteiger partial charge in [-0.05, 0) is 42.8 Å². The minimum atomic E-state index is -0.571. The number of hydrogen-bond acceptors (Lipinski definition) is 4. The highest BCUT2D eigenvalue weighted by Gasteiger charge is 2.16. The first-order valence-corrected chi connectivity index (χ1v) is 10.4. The number of nitrogens with one attached hydrogen (secondary N) is 2. The third kappa shape index (κ3) is 5.40. The van der Waals surface area contributed by atoms with Gasteiger partial charge in [0.05, 0.1) is 5.69 Å². The molecule has 1 aromatic heterocycles. The Kier molecular flexibility index (Phi) is 6.40. The van der Waals surface area contributed by atoms with E-state index < -0.39 is 17.4 Å². The van der Waals surface area contributed by atoms with E-state index in [1.54, 1.807) is 36.4 Å². The Balaban J connectivity index is 1.66. The van der Waals surface area contributed by atoms with Crippen molar-refractivity contribution in [3.8, 4) is 11.3 Å². The molecule has 3 aromatic carbocycles. The van der Waals surface area contributed by atoms with Crippen LogP contribution in [0.15, 0.2) is 95.8 Å². The molecule has 33 heavy (non-hydrogen) atoms. The first-order valence-electron chi connectivity index (χ1n) is 10.4. The predicted molar refractivity (Wildman–Crippen MR) is 128 cm³/mol. The Hall–Kier alpha value is -4.52. The molecule has 7 heteroatoms. The van der Waals surface area contributed by atoms with Crippen LogP contribution in [0.4, 0.5) is 11.4 Å². The molecule has 0 aliphatic carbocycles. The molecule has 7 nitrogen and oxygen atoms in total. The Morgan fingerprint density at radius 3 is 2.24 bits per heavy atom. The van der Waals surface area contributed by atoms with Gasteiger partial charge in [-0.1, -0.05) is 60.7 Å². The molecule has 0 aliphatic heterocycles. The predicted octanol–water partition coefficient (Wildman–Crippen LogP) is 4.11. The zero-order valence-electron chi connectivity index (χ0n) is 18.0. The number of nitrogens with zero attached hydrogens (tertiary/aromatic N) is 2. The van der Waals surface area contributed by atoms with Crippen molar-refractivity contribution in [2.45, 2.75) is 13.5 Å². The fraction of sp³-hybridized carbons (Fsp3) is 0.0769. The number of aryl methyl sites for hydroxylation is 1. The smallest absolute Gasteiger partial charge is 0.291 e. The molecule has 4 rings (SSSR count). The van der Waals surface area contributed by atoms with Crippen LogP contribution in [0.3, 0.4) is 0 Å². The topological polar surface area (TPSA) is 93.1 Å². The van der Waals surface area contributed by atoms with E-state index >= 15 is 0 Å². The van der Waals surface area contributed by atoms with E-state index in [-0.39, 0.29) is 12.2 Å². The second-order valence-corrected chi connectivity index (χ2v) is 7.51. The minimum absolute atomic E-state index is 0.0426. The molecule has 164 valence electrons. The van der Waals surface area contributed by atoms with Crippen molar-refractivity contribution in [2.24, 2.45) is 0 Å². The highest BCUT2D eigenvalue weighted by atomic mass is 16.2. The largest absolute Gasteiger partial charge is 0.324 e. The lowest BCUT2D eigenvalue weighted by molar-refractivity contribution is -0.117. The SMILES string of the molecule is Cc1cccc(NC(=O)Cn2nc(-c3ccccc3)cc(NC(=O)c3ccccc3)c2=O)c1. The molecule has 0 aliphatic rings. The zero-order chi connectivity index (χ0) is 23.2. The van der Waals surface area contributed by atoms with Crippen molar-refractivity contribution in [2.75, 3.05) is 10.6 Å². The maximum atomic E-state index is 13.1. The van der Waals surface area contributed by atoms with Crippen LogP contribution < -0.4 is 16.2 Å². The Bertz CT molecular complexity index is 1350. The van der Waals surface area contributed by atoms with Crippen LogP contribution in [0, 0.1) is 6.92 Å². The lowest BCUT2D eigenvalue weighted by Crippen LogP contribution is -2.32. The Morgan fingerprint density at radius 1 is 0.848 bits per heavy atom. The van der Waals surface area contributed by atoms with Crippen LogP contribution in [0.2, 0.25) is 0 Å². The fourth-order valence-corrected chi connectivity index (χ4v) is 3.33. The van der Waals surface area contributed by atoms with Crippen LogP contribution in [0.5, 0.6) is 0 Å². The summed E-state index contributed by atoms with van der Waals surface area (Å²) in [7, 11) is 0. The average molecular weight is 438 g/mol. The van der Waals surface area contributed by atoms with E-state index in [2.05, 4.69) is 15.7 Å². The van der Waals surface area contributed by atoms with Gasteiger partial charge in [-0.2, -0.15) is 5.10 Å². The summed E-state index contributed by atoms with van der Waals surface area (Å²) >= 11 is 0. The quantitative estimate of drug-likeness (QED) is 0.474. The van der Waals surface area contributed by atoms with Gasteiger partial charge in [-0.25, -0.2) is 4.68 Å². The third-order valence-electron chi connectivity index (χ3n) is 4.92. The number of carbonyl (C=O) groups is 2. The van der Waals surface area contributed by atoms with Gasteiger partial charge >= 0.3 is 0 Å². The molecule has 0 spiro atoms. The highest BCUT2D eigenvalue weighted by molar-refractivity contribution is 6.04. The molecule has 0 saturated carbocycles. The van der Waals surface area contributed by atoms with E-state index in [0.29, 0.717) is 16.9 Å². The van der Waals surface area contributed by atoms with Crippen molar-refractivity contribution in [1.82, 2.24) is 9.78 Å². The molecule has 1 heterocycles. The number of amides is 2. The summed E-state index contributed by atoms with van der Waals surface area (Å²) in [6, 6.07) is 26.7. The number of carbonyl (C=O) groups excluding carboxylic acids is 2. The van der Waals surface area contributed by atoms with E-state index in [4.69, 9.17) is 0 Å².